The molecule has 0 amide bonds. The van der Waals surface area contributed by atoms with E-state index < -0.39 is 21.6 Å². The molecule has 0 heterocycles. The Hall–Kier alpha value is -1.65. The molecule has 1 aromatic carbocycles. The Morgan fingerprint density at radius 1 is 1.33 bits per heavy atom. The SMILES string of the molecule is CC(C)(C)NS(=O)(=O)Nc1ccc(F)cc1C#N. The zero-order chi connectivity index (χ0) is 14.0. The summed E-state index contributed by atoms with van der Waals surface area (Å²) in [6.45, 7) is 5.05. The molecular weight excluding hydrogens is 257 g/mol. The summed E-state index contributed by atoms with van der Waals surface area (Å²) >= 11 is 0. The normalized spacial score (nSPS) is 11.9. The fourth-order valence-electron chi connectivity index (χ4n) is 1.27. The largest absolute Gasteiger partial charge is 0.299 e. The van der Waals surface area contributed by atoms with Gasteiger partial charge >= 0.3 is 0 Å². The van der Waals surface area contributed by atoms with Crippen LogP contribution in [0.5, 0.6) is 0 Å². The minimum Gasteiger partial charge on any atom is -0.270 e. The molecule has 1 aromatic rings. The van der Waals surface area contributed by atoms with Crippen LogP contribution in [0.1, 0.15) is 26.3 Å². The lowest BCUT2D eigenvalue weighted by molar-refractivity contribution is 0.494. The first kappa shape index (κ1) is 14.4. The van der Waals surface area contributed by atoms with E-state index in [9.17, 15) is 12.8 Å². The molecule has 0 aromatic heterocycles. The predicted molar refractivity (Wildman–Crippen MR) is 66.5 cm³/mol. The molecule has 1 rings (SSSR count). The summed E-state index contributed by atoms with van der Waals surface area (Å²) in [4.78, 5) is 0. The van der Waals surface area contributed by atoms with E-state index in [2.05, 4.69) is 9.44 Å². The highest BCUT2D eigenvalue weighted by Gasteiger charge is 2.20. The van der Waals surface area contributed by atoms with E-state index in [-0.39, 0.29) is 11.3 Å². The van der Waals surface area contributed by atoms with E-state index in [1.54, 1.807) is 26.8 Å². The molecule has 0 atom stereocenters. The summed E-state index contributed by atoms with van der Waals surface area (Å²) in [6, 6.07) is 4.98. The van der Waals surface area contributed by atoms with Crippen LogP contribution in [-0.4, -0.2) is 14.0 Å². The van der Waals surface area contributed by atoms with Gasteiger partial charge in [0.25, 0.3) is 10.2 Å². The minimum absolute atomic E-state index is 0.0376. The highest BCUT2D eigenvalue weighted by atomic mass is 32.2. The Kier molecular flexibility index (Phi) is 3.94. The number of benzene rings is 1. The van der Waals surface area contributed by atoms with Gasteiger partial charge in [-0.25, -0.2) is 4.39 Å². The molecule has 0 aliphatic rings. The van der Waals surface area contributed by atoms with Crippen molar-refractivity contribution in [2.75, 3.05) is 4.72 Å². The average Bonchev–Trinajstić information content (AvgIpc) is 2.16. The third-order valence-electron chi connectivity index (χ3n) is 1.79. The van der Waals surface area contributed by atoms with Crippen molar-refractivity contribution >= 4 is 15.9 Å². The van der Waals surface area contributed by atoms with Gasteiger partial charge < -0.3 is 0 Å². The average molecular weight is 271 g/mol. The van der Waals surface area contributed by atoms with Crippen molar-refractivity contribution in [3.05, 3.63) is 29.6 Å². The number of hydrogen-bond acceptors (Lipinski definition) is 3. The Balaban J connectivity index is 3.02. The van der Waals surface area contributed by atoms with Crippen LogP contribution in [0.25, 0.3) is 0 Å². The van der Waals surface area contributed by atoms with E-state index in [0.29, 0.717) is 0 Å². The van der Waals surface area contributed by atoms with Gasteiger partial charge in [0, 0.05) is 5.54 Å². The predicted octanol–water partition coefficient (Wildman–Crippen LogP) is 1.74. The molecule has 2 N–H and O–H groups in total. The van der Waals surface area contributed by atoms with Crippen LogP contribution in [0.2, 0.25) is 0 Å². The van der Waals surface area contributed by atoms with Gasteiger partial charge in [-0.3, -0.25) is 4.72 Å². The number of anilines is 1. The highest BCUT2D eigenvalue weighted by Crippen LogP contribution is 2.17. The fraction of sp³-hybridized carbons (Fsp3) is 0.364. The maximum Gasteiger partial charge on any atom is 0.299 e. The summed E-state index contributed by atoms with van der Waals surface area (Å²) in [7, 11) is -3.81. The number of nitrogens with zero attached hydrogens (tertiary/aromatic N) is 1. The second kappa shape index (κ2) is 4.92. The van der Waals surface area contributed by atoms with Crippen LogP contribution < -0.4 is 9.44 Å². The van der Waals surface area contributed by atoms with Gasteiger partial charge in [-0.1, -0.05) is 0 Å². The molecular formula is C11H14FN3O2S. The van der Waals surface area contributed by atoms with Gasteiger partial charge in [-0.05, 0) is 39.0 Å². The van der Waals surface area contributed by atoms with E-state index in [0.717, 1.165) is 12.1 Å². The van der Waals surface area contributed by atoms with Crippen LogP contribution in [-0.2, 0) is 10.2 Å². The second-order valence-electron chi connectivity index (χ2n) is 4.76. The summed E-state index contributed by atoms with van der Waals surface area (Å²) in [5.74, 6) is -0.599. The maximum absolute atomic E-state index is 12.9. The van der Waals surface area contributed by atoms with Gasteiger partial charge in [0.05, 0.1) is 11.3 Å². The number of nitrogens with one attached hydrogen (secondary N) is 2. The van der Waals surface area contributed by atoms with Crippen LogP contribution in [0, 0.1) is 17.1 Å². The van der Waals surface area contributed by atoms with E-state index in [1.165, 1.54) is 6.07 Å². The van der Waals surface area contributed by atoms with E-state index in [4.69, 9.17) is 5.26 Å². The van der Waals surface area contributed by atoms with Crippen molar-refractivity contribution in [2.45, 2.75) is 26.3 Å². The van der Waals surface area contributed by atoms with Crippen LogP contribution in [0.3, 0.4) is 0 Å². The molecule has 0 unspecified atom stereocenters. The molecule has 0 aliphatic heterocycles. The Morgan fingerprint density at radius 2 is 1.94 bits per heavy atom. The Labute approximate surface area is 106 Å². The lowest BCUT2D eigenvalue weighted by atomic mass is 10.1. The summed E-state index contributed by atoms with van der Waals surface area (Å²) < 4.78 is 40.9. The summed E-state index contributed by atoms with van der Waals surface area (Å²) in [5, 5.41) is 8.80. The Bertz CT molecular complexity index is 585. The molecule has 0 spiro atoms. The first-order valence-electron chi connectivity index (χ1n) is 5.14. The molecule has 98 valence electrons. The van der Waals surface area contributed by atoms with Gasteiger partial charge in [-0.2, -0.15) is 18.4 Å². The molecule has 0 saturated heterocycles. The van der Waals surface area contributed by atoms with Crippen molar-refractivity contribution in [2.24, 2.45) is 0 Å². The molecule has 0 aliphatic carbocycles. The van der Waals surface area contributed by atoms with Crippen LogP contribution >= 0.6 is 0 Å². The van der Waals surface area contributed by atoms with Crippen molar-refractivity contribution in [1.29, 1.82) is 5.26 Å². The third-order valence-corrected chi connectivity index (χ3v) is 3.16. The van der Waals surface area contributed by atoms with Gasteiger partial charge in [0.15, 0.2) is 0 Å². The van der Waals surface area contributed by atoms with Crippen molar-refractivity contribution in [3.63, 3.8) is 0 Å². The third kappa shape index (κ3) is 4.31. The first-order chi connectivity index (χ1) is 8.13. The molecule has 18 heavy (non-hydrogen) atoms. The summed E-state index contributed by atoms with van der Waals surface area (Å²) in [5.41, 5.74) is -0.691. The first-order valence-corrected chi connectivity index (χ1v) is 6.63. The monoisotopic (exact) mass is 271 g/mol. The molecule has 5 nitrogen and oxygen atoms in total. The maximum atomic E-state index is 12.9. The summed E-state index contributed by atoms with van der Waals surface area (Å²) in [6.07, 6.45) is 0. The zero-order valence-corrected chi connectivity index (χ0v) is 11.1. The number of rotatable bonds is 3. The molecule has 0 radical (unpaired) electrons. The lowest BCUT2D eigenvalue weighted by Crippen LogP contribution is -2.43. The quantitative estimate of drug-likeness (QED) is 0.878. The molecule has 0 fully saturated rings. The number of hydrogen-bond donors (Lipinski definition) is 2. The van der Waals surface area contributed by atoms with Crippen molar-refractivity contribution < 1.29 is 12.8 Å². The number of nitriles is 1. The molecule has 7 heteroatoms. The van der Waals surface area contributed by atoms with Crippen LogP contribution in [0.15, 0.2) is 18.2 Å². The van der Waals surface area contributed by atoms with Crippen LogP contribution in [0.4, 0.5) is 10.1 Å². The second-order valence-corrected chi connectivity index (χ2v) is 6.17. The zero-order valence-electron chi connectivity index (χ0n) is 10.3. The van der Waals surface area contributed by atoms with Gasteiger partial charge in [-0.15, -0.1) is 0 Å². The standard InChI is InChI=1S/C11H14FN3O2S/c1-11(2,3)15-18(16,17)14-10-5-4-9(12)6-8(10)7-13/h4-6,14-15H,1-3H3. The smallest absolute Gasteiger partial charge is 0.270 e. The molecule has 0 bridgehead atoms. The van der Waals surface area contributed by atoms with Gasteiger partial charge in [0.2, 0.25) is 0 Å². The fourth-order valence-corrected chi connectivity index (χ4v) is 2.60. The van der Waals surface area contributed by atoms with Gasteiger partial charge in [0.1, 0.15) is 11.9 Å². The Morgan fingerprint density at radius 3 is 2.44 bits per heavy atom. The molecule has 0 saturated carbocycles. The minimum atomic E-state index is -3.81. The van der Waals surface area contributed by atoms with E-state index in [1.807, 2.05) is 0 Å². The van der Waals surface area contributed by atoms with Crippen molar-refractivity contribution in [3.8, 4) is 6.07 Å². The van der Waals surface area contributed by atoms with Crippen molar-refractivity contribution in [1.82, 2.24) is 4.72 Å². The van der Waals surface area contributed by atoms with E-state index >= 15 is 0 Å². The lowest BCUT2D eigenvalue weighted by Gasteiger charge is -2.21. The topological polar surface area (TPSA) is 82.0 Å². The number of halogens is 1. The highest BCUT2D eigenvalue weighted by molar-refractivity contribution is 7.90.